The Morgan fingerprint density at radius 2 is 2.14 bits per heavy atom. The van der Waals surface area contributed by atoms with Gasteiger partial charge in [-0.05, 0) is 34.8 Å². The summed E-state index contributed by atoms with van der Waals surface area (Å²) >= 11 is 3.49. The largest absolute Gasteiger partial charge is 0.334 e. The van der Waals surface area contributed by atoms with Gasteiger partial charge in [0.2, 0.25) is 0 Å². The molecule has 0 atom stereocenters. The van der Waals surface area contributed by atoms with E-state index in [0.717, 1.165) is 23.3 Å². The minimum absolute atomic E-state index is 0.646. The van der Waals surface area contributed by atoms with Gasteiger partial charge in [-0.1, -0.05) is 13.8 Å². The first-order valence-electron chi connectivity index (χ1n) is 4.96. The van der Waals surface area contributed by atoms with Crippen LogP contribution in [0.1, 0.15) is 25.4 Å². The van der Waals surface area contributed by atoms with E-state index in [1.807, 2.05) is 0 Å². The molecule has 0 aromatic carbocycles. The molecule has 1 aromatic heterocycles. The van der Waals surface area contributed by atoms with E-state index >= 15 is 0 Å². The molecule has 0 fully saturated rings. The van der Waals surface area contributed by atoms with Gasteiger partial charge in [0, 0.05) is 13.5 Å². The standard InChI is InChI=1S/C10H18BrN3/c1-7(2)6-8-10(11)13-9(4-5-12)14(8)3/h7H,4-6,12H2,1-3H3. The van der Waals surface area contributed by atoms with Gasteiger partial charge in [0.05, 0.1) is 5.69 Å². The molecule has 14 heavy (non-hydrogen) atoms. The second-order valence-electron chi connectivity index (χ2n) is 3.96. The topological polar surface area (TPSA) is 43.8 Å². The lowest BCUT2D eigenvalue weighted by Gasteiger charge is -2.07. The second-order valence-corrected chi connectivity index (χ2v) is 4.71. The molecule has 0 unspecified atom stereocenters. The Balaban J connectivity index is 2.92. The number of hydrogen-bond donors (Lipinski definition) is 1. The van der Waals surface area contributed by atoms with Gasteiger partial charge in [0.25, 0.3) is 0 Å². The van der Waals surface area contributed by atoms with E-state index in [4.69, 9.17) is 5.73 Å². The van der Waals surface area contributed by atoms with Gasteiger partial charge in [-0.2, -0.15) is 0 Å². The van der Waals surface area contributed by atoms with Gasteiger partial charge < -0.3 is 10.3 Å². The van der Waals surface area contributed by atoms with Crippen LogP contribution in [0, 0.1) is 5.92 Å². The molecule has 1 heterocycles. The highest BCUT2D eigenvalue weighted by molar-refractivity contribution is 9.10. The molecule has 0 amide bonds. The highest BCUT2D eigenvalue weighted by Gasteiger charge is 2.12. The van der Waals surface area contributed by atoms with Crippen LogP contribution in [0.25, 0.3) is 0 Å². The third kappa shape index (κ3) is 2.58. The van der Waals surface area contributed by atoms with Crippen LogP contribution in [-0.4, -0.2) is 16.1 Å². The summed E-state index contributed by atoms with van der Waals surface area (Å²) in [6, 6.07) is 0. The van der Waals surface area contributed by atoms with Crippen LogP contribution in [0.2, 0.25) is 0 Å². The first-order valence-corrected chi connectivity index (χ1v) is 5.75. The first kappa shape index (κ1) is 11.7. The summed E-state index contributed by atoms with van der Waals surface area (Å²) in [7, 11) is 2.06. The van der Waals surface area contributed by atoms with E-state index in [0.29, 0.717) is 12.5 Å². The van der Waals surface area contributed by atoms with Crippen molar-refractivity contribution >= 4 is 15.9 Å². The molecule has 1 rings (SSSR count). The Morgan fingerprint density at radius 3 is 2.64 bits per heavy atom. The maximum atomic E-state index is 5.52. The highest BCUT2D eigenvalue weighted by atomic mass is 79.9. The van der Waals surface area contributed by atoms with Crippen molar-refractivity contribution in [3.05, 3.63) is 16.1 Å². The lowest BCUT2D eigenvalue weighted by atomic mass is 10.1. The summed E-state index contributed by atoms with van der Waals surface area (Å²) in [6.45, 7) is 5.07. The van der Waals surface area contributed by atoms with Gasteiger partial charge in [-0.25, -0.2) is 4.98 Å². The fraction of sp³-hybridized carbons (Fsp3) is 0.700. The predicted octanol–water partition coefficient (Wildman–Crippen LogP) is 1.88. The van der Waals surface area contributed by atoms with E-state index in [1.165, 1.54) is 5.69 Å². The predicted molar refractivity (Wildman–Crippen MR) is 62.2 cm³/mol. The third-order valence-electron chi connectivity index (χ3n) is 2.23. The fourth-order valence-electron chi connectivity index (χ4n) is 1.51. The van der Waals surface area contributed by atoms with Gasteiger partial charge in [-0.15, -0.1) is 0 Å². The normalized spacial score (nSPS) is 11.3. The van der Waals surface area contributed by atoms with Crippen LogP contribution in [-0.2, 0) is 19.9 Å². The number of hydrogen-bond acceptors (Lipinski definition) is 2. The Labute approximate surface area is 93.8 Å². The number of rotatable bonds is 4. The minimum atomic E-state index is 0.646. The molecular formula is C10H18BrN3. The van der Waals surface area contributed by atoms with E-state index in [-0.39, 0.29) is 0 Å². The van der Waals surface area contributed by atoms with Gasteiger partial charge in [0.1, 0.15) is 10.4 Å². The van der Waals surface area contributed by atoms with Crippen molar-refractivity contribution in [1.82, 2.24) is 9.55 Å². The van der Waals surface area contributed by atoms with Crippen molar-refractivity contribution in [3.63, 3.8) is 0 Å². The molecule has 0 radical (unpaired) electrons. The Kier molecular flexibility index (Phi) is 4.13. The van der Waals surface area contributed by atoms with Crippen molar-refractivity contribution in [2.75, 3.05) is 6.54 Å². The van der Waals surface area contributed by atoms with Crippen LogP contribution < -0.4 is 5.73 Å². The zero-order valence-electron chi connectivity index (χ0n) is 9.05. The number of nitrogens with zero attached hydrogens (tertiary/aromatic N) is 2. The van der Waals surface area contributed by atoms with Crippen molar-refractivity contribution in [2.45, 2.75) is 26.7 Å². The fourth-order valence-corrected chi connectivity index (χ4v) is 2.14. The Hall–Kier alpha value is -0.350. The zero-order chi connectivity index (χ0) is 10.7. The van der Waals surface area contributed by atoms with Crippen molar-refractivity contribution in [1.29, 1.82) is 0 Å². The molecule has 4 heteroatoms. The molecule has 0 saturated carbocycles. The average Bonchev–Trinajstić information content (AvgIpc) is 2.33. The number of imidazole rings is 1. The Bertz CT molecular complexity index is 305. The van der Waals surface area contributed by atoms with Crippen LogP contribution in [0.3, 0.4) is 0 Å². The molecule has 0 aliphatic carbocycles. The summed E-state index contributed by atoms with van der Waals surface area (Å²) in [4.78, 5) is 4.45. The van der Waals surface area contributed by atoms with E-state index in [9.17, 15) is 0 Å². The number of halogens is 1. The minimum Gasteiger partial charge on any atom is -0.334 e. The third-order valence-corrected chi connectivity index (χ3v) is 2.86. The molecule has 1 aromatic rings. The van der Waals surface area contributed by atoms with Gasteiger partial charge in [-0.3, -0.25) is 0 Å². The number of nitrogens with two attached hydrogens (primary N) is 1. The summed E-state index contributed by atoms with van der Waals surface area (Å²) in [5.41, 5.74) is 6.79. The maximum absolute atomic E-state index is 5.52. The van der Waals surface area contributed by atoms with Crippen molar-refractivity contribution in [2.24, 2.45) is 18.7 Å². The molecule has 0 spiro atoms. The lowest BCUT2D eigenvalue weighted by Crippen LogP contribution is -2.10. The van der Waals surface area contributed by atoms with Crippen LogP contribution in [0.4, 0.5) is 0 Å². The summed E-state index contributed by atoms with van der Waals surface area (Å²) in [5.74, 6) is 1.71. The summed E-state index contributed by atoms with van der Waals surface area (Å²) in [6.07, 6.45) is 1.89. The Morgan fingerprint density at radius 1 is 1.50 bits per heavy atom. The summed E-state index contributed by atoms with van der Waals surface area (Å²) in [5, 5.41) is 0. The molecule has 0 aliphatic rings. The molecule has 80 valence electrons. The quantitative estimate of drug-likeness (QED) is 0.898. The summed E-state index contributed by atoms with van der Waals surface area (Å²) < 4.78 is 3.12. The molecule has 0 saturated heterocycles. The number of aromatic nitrogens is 2. The SMILES string of the molecule is CC(C)Cc1c(Br)nc(CCN)n1C. The van der Waals surface area contributed by atoms with Crippen LogP contribution in [0.5, 0.6) is 0 Å². The van der Waals surface area contributed by atoms with Crippen LogP contribution >= 0.6 is 15.9 Å². The zero-order valence-corrected chi connectivity index (χ0v) is 10.6. The van der Waals surface area contributed by atoms with Gasteiger partial charge in [0.15, 0.2) is 0 Å². The van der Waals surface area contributed by atoms with Crippen LogP contribution in [0.15, 0.2) is 4.60 Å². The van der Waals surface area contributed by atoms with Crippen molar-refractivity contribution in [3.8, 4) is 0 Å². The monoisotopic (exact) mass is 259 g/mol. The van der Waals surface area contributed by atoms with E-state index in [1.54, 1.807) is 0 Å². The van der Waals surface area contributed by atoms with Gasteiger partial charge >= 0.3 is 0 Å². The maximum Gasteiger partial charge on any atom is 0.127 e. The molecule has 0 bridgehead atoms. The van der Waals surface area contributed by atoms with Crippen molar-refractivity contribution < 1.29 is 0 Å². The molecular weight excluding hydrogens is 242 g/mol. The van der Waals surface area contributed by atoms with E-state index in [2.05, 4.69) is 46.4 Å². The lowest BCUT2D eigenvalue weighted by molar-refractivity contribution is 0.607. The smallest absolute Gasteiger partial charge is 0.127 e. The highest BCUT2D eigenvalue weighted by Crippen LogP contribution is 2.20. The van der Waals surface area contributed by atoms with E-state index < -0.39 is 0 Å². The first-order chi connectivity index (χ1) is 6.56. The molecule has 3 nitrogen and oxygen atoms in total. The molecule has 0 aliphatic heterocycles. The molecule has 2 N–H and O–H groups in total. The second kappa shape index (κ2) is 4.94. The average molecular weight is 260 g/mol.